The first-order valence-electron chi connectivity index (χ1n) is 8.42. The van der Waals surface area contributed by atoms with Crippen LogP contribution in [0.4, 0.5) is 4.39 Å². The van der Waals surface area contributed by atoms with Crippen LogP contribution in [0.5, 0.6) is 5.88 Å². The van der Waals surface area contributed by atoms with Gasteiger partial charge in [0, 0.05) is 0 Å². The number of nitrogens with zero attached hydrogens (tertiary/aromatic N) is 3. The molecule has 132 valence electrons. The minimum atomic E-state index is -1.92. The molecule has 1 aromatic carbocycles. The van der Waals surface area contributed by atoms with Gasteiger partial charge in [0.25, 0.3) is 0 Å². The molecule has 0 aliphatic carbocycles. The van der Waals surface area contributed by atoms with Crippen molar-refractivity contribution in [2.75, 3.05) is 0 Å². The van der Waals surface area contributed by atoms with Gasteiger partial charge in [-0.3, -0.25) is 0 Å². The van der Waals surface area contributed by atoms with Crippen LogP contribution in [-0.4, -0.2) is 22.4 Å². The second kappa shape index (κ2) is 6.26. The van der Waals surface area contributed by atoms with Crippen molar-refractivity contribution < 1.29 is 9.13 Å². The van der Waals surface area contributed by atoms with Crippen molar-refractivity contribution >= 4 is 19.3 Å². The highest BCUT2D eigenvalue weighted by atomic mass is 28.3. The average Bonchev–Trinajstić information content (AvgIpc) is 2.97. The van der Waals surface area contributed by atoms with Crippen LogP contribution in [0.1, 0.15) is 26.3 Å². The first kappa shape index (κ1) is 17.6. The Balaban J connectivity index is 2.07. The zero-order chi connectivity index (χ0) is 18.2. The van der Waals surface area contributed by atoms with E-state index in [9.17, 15) is 4.39 Å². The lowest BCUT2D eigenvalue weighted by Gasteiger charge is -2.38. The van der Waals surface area contributed by atoms with Crippen molar-refractivity contribution in [3.8, 4) is 5.88 Å². The molecule has 0 fully saturated rings. The number of rotatable bonds is 4. The van der Waals surface area contributed by atoms with Gasteiger partial charge in [0.2, 0.25) is 5.88 Å². The van der Waals surface area contributed by atoms with Crippen LogP contribution < -0.4 is 4.74 Å². The maximum absolute atomic E-state index is 13.9. The molecule has 4 nitrogen and oxygen atoms in total. The van der Waals surface area contributed by atoms with E-state index in [-0.39, 0.29) is 5.04 Å². The predicted octanol–water partition coefficient (Wildman–Crippen LogP) is 5.00. The number of hydrogen-bond donors (Lipinski definition) is 0. The van der Waals surface area contributed by atoms with Crippen molar-refractivity contribution in [3.63, 3.8) is 0 Å². The molecule has 25 heavy (non-hydrogen) atoms. The van der Waals surface area contributed by atoms with Gasteiger partial charge in [0.05, 0.1) is 5.52 Å². The number of halogens is 1. The maximum atomic E-state index is 13.9. The molecule has 0 saturated heterocycles. The third-order valence-electron chi connectivity index (χ3n) is 5.13. The Labute approximate surface area is 148 Å². The molecule has 0 bridgehead atoms. The first-order valence-corrected chi connectivity index (χ1v) is 11.4. The van der Waals surface area contributed by atoms with Gasteiger partial charge in [0.15, 0.2) is 8.24 Å². The summed E-state index contributed by atoms with van der Waals surface area (Å²) in [6, 6.07) is 11.6. The molecule has 0 spiro atoms. The number of aromatic nitrogens is 3. The minimum absolute atomic E-state index is 0.115. The van der Waals surface area contributed by atoms with Gasteiger partial charge in [-0.15, -0.1) is 0 Å². The Morgan fingerprint density at radius 1 is 1.08 bits per heavy atom. The number of benzene rings is 1. The Morgan fingerprint density at radius 3 is 2.40 bits per heavy atom. The van der Waals surface area contributed by atoms with Crippen molar-refractivity contribution in [3.05, 3.63) is 54.2 Å². The highest BCUT2D eigenvalue weighted by Gasteiger charge is 2.39. The normalized spacial score (nSPS) is 12.6. The van der Waals surface area contributed by atoms with E-state index in [1.54, 1.807) is 0 Å². The van der Waals surface area contributed by atoms with E-state index in [4.69, 9.17) is 4.74 Å². The lowest BCUT2D eigenvalue weighted by atomic mass is 10.2. The Morgan fingerprint density at radius 2 is 1.76 bits per heavy atom. The maximum Gasteiger partial charge on any atom is 0.312 e. The van der Waals surface area contributed by atoms with E-state index in [1.165, 1.54) is 0 Å². The van der Waals surface area contributed by atoms with Gasteiger partial charge >= 0.3 is 6.08 Å². The summed E-state index contributed by atoms with van der Waals surface area (Å²) in [4.78, 5) is 7.90. The fourth-order valence-corrected chi connectivity index (χ4v) is 4.58. The van der Waals surface area contributed by atoms with Crippen molar-refractivity contribution in [1.82, 2.24) is 14.2 Å². The highest BCUT2D eigenvalue weighted by molar-refractivity contribution is 6.79. The lowest BCUT2D eigenvalue weighted by Crippen LogP contribution is -2.45. The summed E-state index contributed by atoms with van der Waals surface area (Å²) in [5.41, 5.74) is 2.38. The Hall–Kier alpha value is -2.21. The molecule has 2 heterocycles. The van der Waals surface area contributed by atoms with Gasteiger partial charge in [0.1, 0.15) is 12.1 Å². The Kier molecular flexibility index (Phi) is 4.41. The third-order valence-corrected chi connectivity index (χ3v) is 10.4. The van der Waals surface area contributed by atoms with E-state index < -0.39 is 14.3 Å². The molecular weight excluding hydrogens is 333 g/mol. The van der Waals surface area contributed by atoms with Crippen LogP contribution in [0.2, 0.25) is 18.1 Å². The molecule has 3 rings (SSSR count). The van der Waals surface area contributed by atoms with E-state index in [2.05, 4.69) is 48.1 Å². The van der Waals surface area contributed by atoms with E-state index in [0.29, 0.717) is 18.0 Å². The van der Waals surface area contributed by atoms with E-state index in [0.717, 1.165) is 11.1 Å². The largest absolute Gasteiger partial charge is 0.471 e. The van der Waals surface area contributed by atoms with Crippen molar-refractivity contribution in [1.29, 1.82) is 0 Å². The third kappa shape index (κ3) is 3.31. The van der Waals surface area contributed by atoms with Crippen LogP contribution >= 0.6 is 0 Å². The predicted molar refractivity (Wildman–Crippen MR) is 101 cm³/mol. The van der Waals surface area contributed by atoms with Gasteiger partial charge in [-0.2, -0.15) is 9.37 Å². The molecule has 0 aliphatic rings. The summed E-state index contributed by atoms with van der Waals surface area (Å²) < 4.78 is 22.0. The molecule has 2 aromatic heterocycles. The summed E-state index contributed by atoms with van der Waals surface area (Å²) in [6.07, 6.45) is 1.23. The lowest BCUT2D eigenvalue weighted by molar-refractivity contribution is 0.291. The molecular formula is C19H24FN3OSi. The average molecular weight is 358 g/mol. The smallest absolute Gasteiger partial charge is 0.312 e. The summed E-state index contributed by atoms with van der Waals surface area (Å²) >= 11 is 0. The van der Waals surface area contributed by atoms with Crippen LogP contribution in [0.15, 0.2) is 42.6 Å². The molecule has 6 heteroatoms. The van der Waals surface area contributed by atoms with Crippen LogP contribution in [0.25, 0.3) is 11.0 Å². The molecule has 0 unspecified atom stereocenters. The Bertz CT molecular complexity index is 885. The van der Waals surface area contributed by atoms with Gasteiger partial charge in [-0.25, -0.2) is 4.98 Å². The van der Waals surface area contributed by atoms with Crippen molar-refractivity contribution in [2.45, 2.75) is 45.5 Å². The molecule has 0 saturated carbocycles. The van der Waals surface area contributed by atoms with E-state index >= 15 is 0 Å². The molecule has 0 amide bonds. The first-order chi connectivity index (χ1) is 11.7. The molecule has 3 aromatic rings. The second-order valence-electron chi connectivity index (χ2n) is 7.80. The second-order valence-corrected chi connectivity index (χ2v) is 12.9. The summed E-state index contributed by atoms with van der Waals surface area (Å²) in [5.74, 6) is 0.307. The fourth-order valence-electron chi connectivity index (χ4n) is 2.64. The number of ether oxygens (including phenoxy) is 1. The van der Waals surface area contributed by atoms with Crippen LogP contribution in [0.3, 0.4) is 0 Å². The van der Waals surface area contributed by atoms with Gasteiger partial charge in [-0.1, -0.05) is 64.2 Å². The zero-order valence-corrected chi connectivity index (χ0v) is 16.4. The summed E-state index contributed by atoms with van der Waals surface area (Å²) in [6.45, 7) is 11.6. The van der Waals surface area contributed by atoms with E-state index in [1.807, 2.05) is 42.6 Å². The standard InChI is InChI=1S/C19H24FN3OSi/c1-19(2,3)25(4,5)23-12-11-15-16(23)17(22-18(20)21-15)24-13-14-9-7-6-8-10-14/h6-12H,13H2,1-5H3. The monoisotopic (exact) mass is 357 g/mol. The molecule has 0 atom stereocenters. The fraction of sp³-hybridized carbons (Fsp3) is 0.368. The van der Waals surface area contributed by atoms with Gasteiger partial charge < -0.3 is 8.97 Å². The number of hydrogen-bond acceptors (Lipinski definition) is 3. The van der Waals surface area contributed by atoms with Gasteiger partial charge in [-0.05, 0) is 22.9 Å². The summed E-state index contributed by atoms with van der Waals surface area (Å²) in [5, 5.41) is 0.115. The van der Waals surface area contributed by atoms with Crippen LogP contribution in [-0.2, 0) is 6.61 Å². The SMILES string of the molecule is CC(C)(C)[Si](C)(C)n1ccc2nc(F)nc(OCc3ccccc3)c21. The summed E-state index contributed by atoms with van der Waals surface area (Å²) in [7, 11) is -1.92. The minimum Gasteiger partial charge on any atom is -0.471 e. The molecule has 0 aliphatic heterocycles. The quantitative estimate of drug-likeness (QED) is 0.487. The molecule has 0 radical (unpaired) electrons. The van der Waals surface area contributed by atoms with Crippen molar-refractivity contribution in [2.24, 2.45) is 0 Å². The van der Waals surface area contributed by atoms with Crippen LogP contribution in [0, 0.1) is 6.08 Å². The zero-order valence-electron chi connectivity index (χ0n) is 15.4. The number of fused-ring (bicyclic) bond motifs is 1. The topological polar surface area (TPSA) is 39.9 Å². The highest BCUT2D eigenvalue weighted by Crippen LogP contribution is 2.40. The molecule has 0 N–H and O–H groups in total.